The molecule has 1 unspecified atom stereocenters. The Labute approximate surface area is 138 Å². The summed E-state index contributed by atoms with van der Waals surface area (Å²) in [6.07, 6.45) is 2.22. The number of hydrogen-bond donors (Lipinski definition) is 2. The molecule has 0 amide bonds. The number of aliphatic hydroxyl groups is 1. The lowest BCUT2D eigenvalue weighted by Crippen LogP contribution is -2.32. The molecule has 1 aliphatic rings. The summed E-state index contributed by atoms with van der Waals surface area (Å²) in [6, 6.07) is 0. The van der Waals surface area contributed by atoms with Crippen LogP contribution in [0.25, 0.3) is 0 Å². The molecule has 1 fully saturated rings. The summed E-state index contributed by atoms with van der Waals surface area (Å²) in [4.78, 5) is 8.66. The average molecular weight is 349 g/mol. The van der Waals surface area contributed by atoms with Gasteiger partial charge < -0.3 is 10.4 Å². The smallest absolute Gasteiger partial charge is 0.391 e. The number of rotatable bonds is 8. The van der Waals surface area contributed by atoms with Gasteiger partial charge in [-0.2, -0.15) is 13.2 Å². The zero-order valence-electron chi connectivity index (χ0n) is 12.9. The van der Waals surface area contributed by atoms with Gasteiger partial charge in [-0.25, -0.2) is 9.97 Å². The van der Waals surface area contributed by atoms with Gasteiger partial charge in [0.2, 0.25) is 0 Å². The second kappa shape index (κ2) is 8.84. The number of aliphatic hydroxyl groups excluding tert-OH is 1. The highest BCUT2D eigenvalue weighted by molar-refractivity contribution is 7.99. The lowest BCUT2D eigenvalue weighted by Gasteiger charge is -2.13. The molecule has 0 bridgehead atoms. The molecule has 1 heterocycles. The molecular weight excluding hydrogens is 327 g/mol. The van der Waals surface area contributed by atoms with Crippen molar-refractivity contribution in [1.82, 2.24) is 15.3 Å². The molecule has 1 aromatic heterocycles. The number of hydrogen-bond acceptors (Lipinski definition) is 5. The third-order valence-electron chi connectivity index (χ3n) is 3.69. The van der Waals surface area contributed by atoms with Crippen LogP contribution < -0.4 is 5.32 Å². The number of halogens is 3. The van der Waals surface area contributed by atoms with E-state index in [0.717, 1.165) is 10.7 Å². The molecule has 130 valence electrons. The summed E-state index contributed by atoms with van der Waals surface area (Å²) in [5.74, 6) is 0. The standard InChI is InChI=1S/C15H22F3N3OS/c16-15(17,18)7-12(22)10-19-6-5-11-8-20-14(21-9-11)23-13-3-1-2-4-13/h8-9,12-13,19,22H,1-7,10H2. The van der Waals surface area contributed by atoms with Gasteiger partial charge in [-0.15, -0.1) is 0 Å². The van der Waals surface area contributed by atoms with E-state index in [2.05, 4.69) is 15.3 Å². The van der Waals surface area contributed by atoms with Crippen molar-refractivity contribution in [3.05, 3.63) is 18.0 Å². The first-order chi connectivity index (χ1) is 10.9. The van der Waals surface area contributed by atoms with Crippen LogP contribution in [0.1, 0.15) is 37.7 Å². The fourth-order valence-corrected chi connectivity index (χ4v) is 3.62. The number of aromatic nitrogens is 2. The maximum atomic E-state index is 12.1. The molecule has 2 rings (SSSR count). The Morgan fingerprint density at radius 3 is 2.52 bits per heavy atom. The highest BCUT2D eigenvalue weighted by atomic mass is 32.2. The molecule has 8 heteroatoms. The van der Waals surface area contributed by atoms with Gasteiger partial charge in [0.05, 0.1) is 12.5 Å². The van der Waals surface area contributed by atoms with E-state index in [4.69, 9.17) is 0 Å². The first-order valence-corrected chi connectivity index (χ1v) is 8.73. The highest BCUT2D eigenvalue weighted by Crippen LogP contribution is 2.32. The van der Waals surface area contributed by atoms with Crippen molar-refractivity contribution in [1.29, 1.82) is 0 Å². The quantitative estimate of drug-likeness (QED) is 0.558. The summed E-state index contributed by atoms with van der Waals surface area (Å²) >= 11 is 1.72. The molecule has 1 aromatic rings. The van der Waals surface area contributed by atoms with Crippen molar-refractivity contribution in [2.75, 3.05) is 13.1 Å². The van der Waals surface area contributed by atoms with E-state index >= 15 is 0 Å². The molecular formula is C15H22F3N3OS. The third kappa shape index (κ3) is 7.50. The molecule has 4 nitrogen and oxygen atoms in total. The molecule has 2 N–H and O–H groups in total. The molecule has 23 heavy (non-hydrogen) atoms. The lowest BCUT2D eigenvalue weighted by atomic mass is 10.2. The van der Waals surface area contributed by atoms with Crippen molar-refractivity contribution >= 4 is 11.8 Å². The summed E-state index contributed by atoms with van der Waals surface area (Å²) in [5, 5.41) is 13.5. The maximum absolute atomic E-state index is 12.1. The summed E-state index contributed by atoms with van der Waals surface area (Å²) in [6.45, 7) is 0.406. The fourth-order valence-electron chi connectivity index (χ4n) is 2.53. The number of nitrogens with one attached hydrogen (secondary N) is 1. The molecule has 0 saturated heterocycles. The van der Waals surface area contributed by atoms with Crippen LogP contribution in [-0.2, 0) is 6.42 Å². The van der Waals surface area contributed by atoms with Gasteiger partial charge in [0.15, 0.2) is 5.16 Å². The topological polar surface area (TPSA) is 58.0 Å². The van der Waals surface area contributed by atoms with Gasteiger partial charge in [0.1, 0.15) is 0 Å². The summed E-state index contributed by atoms with van der Waals surface area (Å²) < 4.78 is 36.2. The summed E-state index contributed by atoms with van der Waals surface area (Å²) in [7, 11) is 0. The van der Waals surface area contributed by atoms with Crippen LogP contribution in [-0.4, -0.2) is 45.7 Å². The van der Waals surface area contributed by atoms with Crippen LogP contribution in [0, 0.1) is 0 Å². The van der Waals surface area contributed by atoms with E-state index in [1.54, 1.807) is 24.2 Å². The van der Waals surface area contributed by atoms with Crippen LogP contribution in [0.4, 0.5) is 13.2 Å². The van der Waals surface area contributed by atoms with Crippen molar-refractivity contribution in [2.45, 2.75) is 61.2 Å². The average Bonchev–Trinajstić information content (AvgIpc) is 2.96. The minimum absolute atomic E-state index is 0.0734. The van der Waals surface area contributed by atoms with Gasteiger partial charge in [0, 0.05) is 24.2 Å². The molecule has 1 aliphatic carbocycles. The Hall–Kier alpha value is -0.860. The number of nitrogens with zero attached hydrogens (tertiary/aromatic N) is 2. The van der Waals surface area contributed by atoms with Crippen molar-refractivity contribution < 1.29 is 18.3 Å². The Morgan fingerprint density at radius 2 is 1.91 bits per heavy atom. The molecule has 0 spiro atoms. The second-order valence-corrected chi connectivity index (χ2v) is 7.09. The van der Waals surface area contributed by atoms with E-state index in [1.165, 1.54) is 25.7 Å². The van der Waals surface area contributed by atoms with E-state index < -0.39 is 18.7 Å². The van der Waals surface area contributed by atoms with Crippen molar-refractivity contribution in [3.63, 3.8) is 0 Å². The highest BCUT2D eigenvalue weighted by Gasteiger charge is 2.30. The second-order valence-electron chi connectivity index (χ2n) is 5.83. The monoisotopic (exact) mass is 349 g/mol. The van der Waals surface area contributed by atoms with Crippen molar-refractivity contribution in [2.24, 2.45) is 0 Å². The molecule has 0 radical (unpaired) electrons. The third-order valence-corrected chi connectivity index (χ3v) is 4.92. The Bertz CT molecular complexity index is 464. The molecule has 0 aromatic carbocycles. The maximum Gasteiger partial charge on any atom is 0.391 e. The van der Waals surface area contributed by atoms with Crippen molar-refractivity contribution in [3.8, 4) is 0 Å². The van der Waals surface area contributed by atoms with Gasteiger partial charge >= 0.3 is 6.18 Å². The molecule has 1 atom stereocenters. The van der Waals surface area contributed by atoms with E-state index in [9.17, 15) is 18.3 Å². The van der Waals surface area contributed by atoms with Gasteiger partial charge in [0.25, 0.3) is 0 Å². The first kappa shape index (κ1) is 18.5. The SMILES string of the molecule is OC(CNCCc1cnc(SC2CCCC2)nc1)CC(F)(F)F. The zero-order valence-corrected chi connectivity index (χ0v) is 13.7. The molecule has 0 aliphatic heterocycles. The van der Waals surface area contributed by atoms with Gasteiger partial charge in [-0.1, -0.05) is 24.6 Å². The van der Waals surface area contributed by atoms with E-state index in [0.29, 0.717) is 18.2 Å². The van der Waals surface area contributed by atoms with Crippen LogP contribution in [0.2, 0.25) is 0 Å². The Kier molecular flexibility index (Phi) is 7.10. The predicted octanol–water partition coefficient (Wildman–Crippen LogP) is 2.96. The normalized spacial score (nSPS) is 17.6. The number of alkyl halides is 3. The molecule has 1 saturated carbocycles. The van der Waals surface area contributed by atoms with Crippen LogP contribution in [0.15, 0.2) is 17.6 Å². The van der Waals surface area contributed by atoms with E-state index in [1.807, 2.05) is 0 Å². The van der Waals surface area contributed by atoms with Gasteiger partial charge in [-0.3, -0.25) is 0 Å². The zero-order chi connectivity index (χ0) is 16.7. The minimum Gasteiger partial charge on any atom is -0.391 e. The van der Waals surface area contributed by atoms with Crippen LogP contribution in [0.3, 0.4) is 0 Å². The lowest BCUT2D eigenvalue weighted by molar-refractivity contribution is -0.152. The fraction of sp³-hybridized carbons (Fsp3) is 0.733. The van der Waals surface area contributed by atoms with Gasteiger partial charge in [-0.05, 0) is 31.4 Å². The first-order valence-electron chi connectivity index (χ1n) is 7.85. The van der Waals surface area contributed by atoms with Crippen LogP contribution >= 0.6 is 11.8 Å². The number of thioether (sulfide) groups is 1. The Morgan fingerprint density at radius 1 is 1.26 bits per heavy atom. The van der Waals surface area contributed by atoms with Crippen LogP contribution in [0.5, 0.6) is 0 Å². The predicted molar refractivity (Wildman–Crippen MR) is 83.4 cm³/mol. The Balaban J connectivity index is 1.64. The minimum atomic E-state index is -4.33. The summed E-state index contributed by atoms with van der Waals surface area (Å²) in [5.41, 5.74) is 0.929. The largest absolute Gasteiger partial charge is 0.391 e. The van der Waals surface area contributed by atoms with E-state index in [-0.39, 0.29) is 6.54 Å².